The van der Waals surface area contributed by atoms with E-state index in [1.807, 2.05) is 0 Å². The van der Waals surface area contributed by atoms with Crippen molar-refractivity contribution in [2.75, 3.05) is 5.32 Å². The minimum absolute atomic E-state index is 0.135. The van der Waals surface area contributed by atoms with Crippen LogP contribution >= 0.6 is 11.6 Å². The lowest BCUT2D eigenvalue weighted by Gasteiger charge is -2.08. The van der Waals surface area contributed by atoms with Gasteiger partial charge in [0.15, 0.2) is 0 Å². The van der Waals surface area contributed by atoms with E-state index in [4.69, 9.17) is 16.7 Å². The highest BCUT2D eigenvalue weighted by Gasteiger charge is 2.13. The number of nitrogens with two attached hydrogens (primary N) is 1. The second-order valence-electron chi connectivity index (χ2n) is 3.74. The topological polar surface area (TPSA) is 133 Å². The fourth-order valence-electron chi connectivity index (χ4n) is 1.37. The van der Waals surface area contributed by atoms with Crippen LogP contribution < -0.4 is 10.5 Å². The number of carbonyl (C=O) groups is 1. The molecule has 20 heavy (non-hydrogen) atoms. The summed E-state index contributed by atoms with van der Waals surface area (Å²) >= 11 is 5.87. The largest absolute Gasteiger partial charge is 0.323 e. The van der Waals surface area contributed by atoms with E-state index in [9.17, 15) is 13.2 Å². The lowest BCUT2D eigenvalue weighted by atomic mass is 10.3. The van der Waals surface area contributed by atoms with Gasteiger partial charge in [-0.3, -0.25) is 4.79 Å². The van der Waals surface area contributed by atoms with E-state index >= 15 is 0 Å². The van der Waals surface area contributed by atoms with Crippen LogP contribution in [0.15, 0.2) is 29.4 Å². The summed E-state index contributed by atoms with van der Waals surface area (Å²) in [5.41, 5.74) is 0.135. The molecule has 0 unspecified atom stereocenters. The van der Waals surface area contributed by atoms with E-state index in [0.29, 0.717) is 0 Å². The van der Waals surface area contributed by atoms with Crippen molar-refractivity contribution in [2.24, 2.45) is 5.14 Å². The molecule has 0 fully saturated rings. The quantitative estimate of drug-likeness (QED) is 0.789. The zero-order valence-electron chi connectivity index (χ0n) is 9.89. The number of amides is 1. The molecule has 0 aliphatic carbocycles. The van der Waals surface area contributed by atoms with Crippen molar-refractivity contribution in [1.82, 2.24) is 20.2 Å². The molecule has 0 spiro atoms. The highest BCUT2D eigenvalue weighted by atomic mass is 35.5. The van der Waals surface area contributed by atoms with Crippen LogP contribution in [0.4, 0.5) is 5.69 Å². The fraction of sp³-hybridized carbons (Fsp3) is 0.111. The first kappa shape index (κ1) is 14.4. The van der Waals surface area contributed by atoms with Gasteiger partial charge in [0, 0.05) is 0 Å². The maximum absolute atomic E-state index is 11.7. The van der Waals surface area contributed by atoms with Crippen LogP contribution in [0.25, 0.3) is 0 Å². The molecule has 2 rings (SSSR count). The first-order valence-corrected chi connectivity index (χ1v) is 7.11. The van der Waals surface area contributed by atoms with Crippen molar-refractivity contribution in [3.63, 3.8) is 0 Å². The van der Waals surface area contributed by atoms with E-state index in [2.05, 4.69) is 20.8 Å². The SMILES string of the molecule is NS(=O)(=O)c1ccc(Cl)c(NC(=O)Cn2cnnn2)c1. The second kappa shape index (κ2) is 5.53. The molecular weight excluding hydrogens is 308 g/mol. The Kier molecular flexibility index (Phi) is 3.97. The molecule has 1 aromatic heterocycles. The molecule has 106 valence electrons. The molecule has 0 bridgehead atoms. The summed E-state index contributed by atoms with van der Waals surface area (Å²) in [6, 6.07) is 3.75. The van der Waals surface area contributed by atoms with Gasteiger partial charge in [0.25, 0.3) is 0 Å². The Morgan fingerprint density at radius 2 is 2.20 bits per heavy atom. The molecular formula is C9H9ClN6O3S. The lowest BCUT2D eigenvalue weighted by Crippen LogP contribution is -2.20. The maximum atomic E-state index is 11.7. The molecule has 0 aliphatic heterocycles. The Bertz CT molecular complexity index is 730. The average molecular weight is 317 g/mol. The number of carbonyl (C=O) groups excluding carboxylic acids is 1. The minimum Gasteiger partial charge on any atom is -0.323 e. The molecule has 1 amide bonds. The molecule has 11 heteroatoms. The van der Waals surface area contributed by atoms with Gasteiger partial charge in [-0.15, -0.1) is 5.10 Å². The first-order valence-electron chi connectivity index (χ1n) is 5.19. The van der Waals surface area contributed by atoms with Gasteiger partial charge < -0.3 is 5.32 Å². The second-order valence-corrected chi connectivity index (χ2v) is 5.71. The number of hydrogen-bond acceptors (Lipinski definition) is 6. The standard InChI is InChI=1S/C9H9ClN6O3S/c10-7-2-1-6(20(11,18)19)3-8(7)13-9(17)4-16-5-12-14-15-16/h1-3,5H,4H2,(H,13,17)(H2,11,18,19). The smallest absolute Gasteiger partial charge is 0.246 e. The predicted octanol–water partition coefficient (Wildman–Crippen LogP) is -0.387. The molecule has 2 aromatic rings. The number of sulfonamides is 1. The number of rotatable bonds is 4. The third-order valence-electron chi connectivity index (χ3n) is 2.24. The first-order chi connectivity index (χ1) is 9.36. The summed E-state index contributed by atoms with van der Waals surface area (Å²) in [6.45, 7) is -0.136. The van der Waals surface area contributed by atoms with Crippen LogP contribution in [0, 0.1) is 0 Å². The number of benzene rings is 1. The Hall–Kier alpha value is -2.04. The molecule has 0 atom stereocenters. The van der Waals surface area contributed by atoms with Gasteiger partial charge in [0.05, 0.1) is 15.6 Å². The van der Waals surface area contributed by atoms with Gasteiger partial charge in [-0.25, -0.2) is 18.2 Å². The molecule has 1 aromatic carbocycles. The van der Waals surface area contributed by atoms with Crippen molar-refractivity contribution in [3.8, 4) is 0 Å². The molecule has 3 N–H and O–H groups in total. The highest BCUT2D eigenvalue weighted by molar-refractivity contribution is 7.89. The summed E-state index contributed by atoms with van der Waals surface area (Å²) < 4.78 is 23.7. The van der Waals surface area contributed by atoms with E-state index in [1.165, 1.54) is 29.2 Å². The van der Waals surface area contributed by atoms with Gasteiger partial charge in [-0.1, -0.05) is 11.6 Å². The van der Waals surface area contributed by atoms with E-state index in [-0.39, 0.29) is 22.2 Å². The van der Waals surface area contributed by atoms with Crippen LogP contribution in [-0.2, 0) is 21.4 Å². The van der Waals surface area contributed by atoms with Crippen LogP contribution in [0.5, 0.6) is 0 Å². The fourth-order valence-corrected chi connectivity index (χ4v) is 2.07. The van der Waals surface area contributed by atoms with Gasteiger partial charge in [0.2, 0.25) is 15.9 Å². The average Bonchev–Trinajstić information content (AvgIpc) is 2.83. The monoisotopic (exact) mass is 316 g/mol. The van der Waals surface area contributed by atoms with Crippen LogP contribution in [0.3, 0.4) is 0 Å². The molecule has 0 aliphatic rings. The number of nitrogens with zero attached hydrogens (tertiary/aromatic N) is 4. The zero-order chi connectivity index (χ0) is 14.8. The van der Waals surface area contributed by atoms with Gasteiger partial charge in [0.1, 0.15) is 12.9 Å². The maximum Gasteiger partial charge on any atom is 0.246 e. The molecule has 0 saturated carbocycles. The molecule has 9 nitrogen and oxygen atoms in total. The summed E-state index contributed by atoms with van der Waals surface area (Å²) in [5.74, 6) is -0.467. The molecule has 0 saturated heterocycles. The predicted molar refractivity (Wildman–Crippen MR) is 69.3 cm³/mol. The van der Waals surface area contributed by atoms with Crippen LogP contribution in [0.2, 0.25) is 5.02 Å². The Balaban J connectivity index is 2.18. The Morgan fingerprint density at radius 1 is 1.45 bits per heavy atom. The van der Waals surface area contributed by atoms with Gasteiger partial charge >= 0.3 is 0 Å². The normalized spacial score (nSPS) is 11.3. The third kappa shape index (κ3) is 3.50. The van der Waals surface area contributed by atoms with Crippen molar-refractivity contribution >= 4 is 33.2 Å². The number of aromatic nitrogens is 4. The number of anilines is 1. The Morgan fingerprint density at radius 3 is 2.80 bits per heavy atom. The highest BCUT2D eigenvalue weighted by Crippen LogP contribution is 2.24. The summed E-state index contributed by atoms with van der Waals surface area (Å²) in [4.78, 5) is 11.6. The molecule has 1 heterocycles. The Labute approximate surface area is 118 Å². The number of halogens is 1. The van der Waals surface area contributed by atoms with E-state index in [1.54, 1.807) is 0 Å². The van der Waals surface area contributed by atoms with Crippen LogP contribution in [0.1, 0.15) is 0 Å². The summed E-state index contributed by atoms with van der Waals surface area (Å²) in [7, 11) is -3.88. The van der Waals surface area contributed by atoms with Crippen molar-refractivity contribution in [1.29, 1.82) is 0 Å². The number of hydrogen-bond donors (Lipinski definition) is 2. The van der Waals surface area contributed by atoms with Crippen LogP contribution in [-0.4, -0.2) is 34.5 Å². The number of tetrazole rings is 1. The van der Waals surface area contributed by atoms with Gasteiger partial charge in [-0.05, 0) is 28.6 Å². The van der Waals surface area contributed by atoms with E-state index < -0.39 is 15.9 Å². The summed E-state index contributed by atoms with van der Waals surface area (Å²) in [5, 5.41) is 17.9. The van der Waals surface area contributed by atoms with Crippen molar-refractivity contribution in [2.45, 2.75) is 11.4 Å². The van der Waals surface area contributed by atoms with Gasteiger partial charge in [-0.2, -0.15) is 0 Å². The summed E-state index contributed by atoms with van der Waals surface area (Å²) in [6.07, 6.45) is 1.27. The van der Waals surface area contributed by atoms with Crippen molar-refractivity contribution < 1.29 is 13.2 Å². The molecule has 0 radical (unpaired) electrons. The zero-order valence-corrected chi connectivity index (χ0v) is 11.5. The third-order valence-corrected chi connectivity index (χ3v) is 3.48. The van der Waals surface area contributed by atoms with Crippen molar-refractivity contribution in [3.05, 3.63) is 29.5 Å². The lowest BCUT2D eigenvalue weighted by molar-refractivity contribution is -0.116. The van der Waals surface area contributed by atoms with E-state index in [0.717, 1.165) is 0 Å². The number of nitrogens with one attached hydrogen (secondary N) is 1. The minimum atomic E-state index is -3.88. The number of primary sulfonamides is 1.